The number of rotatable bonds is 5. The largest absolute Gasteiger partial charge is 0.496 e. The van der Waals surface area contributed by atoms with Crippen LogP contribution >= 0.6 is 0 Å². The number of hydrogen-bond acceptors (Lipinski definition) is 4. The first-order valence-electron chi connectivity index (χ1n) is 5.10. The van der Waals surface area contributed by atoms with Gasteiger partial charge in [-0.2, -0.15) is 0 Å². The molecule has 0 amide bonds. The zero-order chi connectivity index (χ0) is 12.0. The molecule has 1 unspecified atom stereocenters. The van der Waals surface area contributed by atoms with E-state index >= 15 is 0 Å². The maximum atomic E-state index is 11.7. The molecule has 0 aliphatic carbocycles. The number of carbonyl (C=O) groups is 1. The minimum Gasteiger partial charge on any atom is -0.496 e. The topological polar surface area (TPSA) is 47.6 Å². The average Bonchev–Trinajstić information content (AvgIpc) is 2.35. The summed E-state index contributed by atoms with van der Waals surface area (Å²) in [6.45, 7) is 0.521. The van der Waals surface area contributed by atoms with Crippen molar-refractivity contribution in [3.05, 3.63) is 29.8 Å². The van der Waals surface area contributed by atoms with Crippen LogP contribution < -0.4 is 10.1 Å². The molecule has 0 heterocycles. The number of likely N-dealkylation sites (N-methyl/N-ethyl adjacent to an activating group) is 1. The average molecular weight is 223 g/mol. The molecule has 0 aromatic heterocycles. The third-order valence-corrected chi connectivity index (χ3v) is 2.41. The number of benzene rings is 1. The van der Waals surface area contributed by atoms with Crippen LogP contribution in [0.2, 0.25) is 0 Å². The molecule has 0 aliphatic heterocycles. The molecule has 0 fully saturated rings. The Labute approximate surface area is 95.6 Å². The van der Waals surface area contributed by atoms with Crippen LogP contribution in [0.25, 0.3) is 0 Å². The molecule has 1 atom stereocenters. The predicted molar refractivity (Wildman–Crippen MR) is 61.7 cm³/mol. The molecule has 4 nitrogen and oxygen atoms in total. The summed E-state index contributed by atoms with van der Waals surface area (Å²) >= 11 is 0. The van der Waals surface area contributed by atoms with E-state index in [0.29, 0.717) is 12.3 Å². The molecule has 0 aliphatic rings. The Hall–Kier alpha value is -1.55. The van der Waals surface area contributed by atoms with Gasteiger partial charge in [0.15, 0.2) is 0 Å². The lowest BCUT2D eigenvalue weighted by Crippen LogP contribution is -2.25. The molecule has 16 heavy (non-hydrogen) atoms. The van der Waals surface area contributed by atoms with Gasteiger partial charge in [-0.3, -0.25) is 4.79 Å². The first kappa shape index (κ1) is 12.5. The van der Waals surface area contributed by atoms with E-state index in [2.05, 4.69) is 5.32 Å². The lowest BCUT2D eigenvalue weighted by molar-refractivity contribution is -0.142. The first-order chi connectivity index (χ1) is 7.74. The van der Waals surface area contributed by atoms with Crippen molar-refractivity contribution in [3.63, 3.8) is 0 Å². The second-order valence-corrected chi connectivity index (χ2v) is 3.38. The van der Waals surface area contributed by atoms with E-state index in [0.717, 1.165) is 5.56 Å². The van der Waals surface area contributed by atoms with Crippen LogP contribution in [-0.2, 0) is 9.53 Å². The van der Waals surface area contributed by atoms with Gasteiger partial charge in [0.05, 0.1) is 20.1 Å². The molecule has 1 aromatic rings. The number of esters is 1. The molecular weight excluding hydrogens is 206 g/mol. The summed E-state index contributed by atoms with van der Waals surface area (Å²) in [5.74, 6) is 0.0955. The SMILES string of the molecule is CNCC(C(=O)OC)c1ccccc1OC. The van der Waals surface area contributed by atoms with E-state index in [9.17, 15) is 4.79 Å². The third-order valence-electron chi connectivity index (χ3n) is 2.41. The van der Waals surface area contributed by atoms with Crippen LogP contribution in [0.5, 0.6) is 5.75 Å². The van der Waals surface area contributed by atoms with Gasteiger partial charge in [0.1, 0.15) is 5.75 Å². The number of hydrogen-bond donors (Lipinski definition) is 1. The van der Waals surface area contributed by atoms with Gasteiger partial charge in [-0.25, -0.2) is 0 Å². The molecule has 1 N–H and O–H groups in total. The number of ether oxygens (including phenoxy) is 2. The van der Waals surface area contributed by atoms with Crippen molar-refractivity contribution in [3.8, 4) is 5.75 Å². The van der Waals surface area contributed by atoms with Gasteiger partial charge < -0.3 is 14.8 Å². The van der Waals surface area contributed by atoms with Crippen LogP contribution in [0.3, 0.4) is 0 Å². The minimum absolute atomic E-state index is 0.265. The van der Waals surface area contributed by atoms with E-state index in [-0.39, 0.29) is 11.9 Å². The number of methoxy groups -OCH3 is 2. The lowest BCUT2D eigenvalue weighted by atomic mass is 9.98. The van der Waals surface area contributed by atoms with Gasteiger partial charge in [-0.05, 0) is 13.1 Å². The highest BCUT2D eigenvalue weighted by molar-refractivity contribution is 5.79. The van der Waals surface area contributed by atoms with Crippen LogP contribution in [0.1, 0.15) is 11.5 Å². The maximum Gasteiger partial charge on any atom is 0.314 e. The lowest BCUT2D eigenvalue weighted by Gasteiger charge is -2.17. The summed E-state index contributed by atoms with van der Waals surface area (Å²) in [6.07, 6.45) is 0. The molecule has 1 aromatic carbocycles. The van der Waals surface area contributed by atoms with Crippen LogP contribution in [0.4, 0.5) is 0 Å². The van der Waals surface area contributed by atoms with Gasteiger partial charge in [-0.15, -0.1) is 0 Å². The zero-order valence-corrected chi connectivity index (χ0v) is 9.82. The van der Waals surface area contributed by atoms with Crippen LogP contribution in [0.15, 0.2) is 24.3 Å². The van der Waals surface area contributed by atoms with Gasteiger partial charge in [0, 0.05) is 12.1 Å². The fourth-order valence-corrected chi connectivity index (χ4v) is 1.62. The molecule has 0 radical (unpaired) electrons. The molecule has 0 spiro atoms. The summed E-state index contributed by atoms with van der Waals surface area (Å²) in [7, 11) is 4.78. The van der Waals surface area contributed by atoms with Gasteiger partial charge in [-0.1, -0.05) is 18.2 Å². The van der Waals surface area contributed by atoms with Crippen molar-refractivity contribution in [1.29, 1.82) is 0 Å². The summed E-state index contributed by atoms with van der Waals surface area (Å²) in [6, 6.07) is 7.46. The molecular formula is C12H17NO3. The summed E-state index contributed by atoms with van der Waals surface area (Å²) in [5.41, 5.74) is 0.839. The van der Waals surface area contributed by atoms with Gasteiger partial charge in [0.25, 0.3) is 0 Å². The Kier molecular flexibility index (Phi) is 4.79. The monoisotopic (exact) mass is 223 g/mol. The van der Waals surface area contributed by atoms with Crippen LogP contribution in [0, 0.1) is 0 Å². The number of para-hydroxylation sites is 1. The molecule has 0 bridgehead atoms. The first-order valence-corrected chi connectivity index (χ1v) is 5.10. The fraction of sp³-hybridized carbons (Fsp3) is 0.417. The van der Waals surface area contributed by atoms with E-state index in [1.807, 2.05) is 24.3 Å². The Morgan fingerprint density at radius 2 is 2.06 bits per heavy atom. The summed E-state index contributed by atoms with van der Waals surface area (Å²) < 4.78 is 10.0. The summed E-state index contributed by atoms with van der Waals surface area (Å²) in [4.78, 5) is 11.7. The van der Waals surface area contributed by atoms with Crippen molar-refractivity contribution >= 4 is 5.97 Å². The predicted octanol–water partition coefficient (Wildman–Crippen LogP) is 1.17. The smallest absolute Gasteiger partial charge is 0.314 e. The fourth-order valence-electron chi connectivity index (χ4n) is 1.62. The minimum atomic E-state index is -0.342. The second-order valence-electron chi connectivity index (χ2n) is 3.38. The van der Waals surface area contributed by atoms with Crippen molar-refractivity contribution in [2.75, 3.05) is 27.8 Å². The second kappa shape index (κ2) is 6.12. The molecule has 88 valence electrons. The van der Waals surface area contributed by atoms with Gasteiger partial charge in [0.2, 0.25) is 0 Å². The highest BCUT2D eigenvalue weighted by Crippen LogP contribution is 2.26. The van der Waals surface area contributed by atoms with E-state index in [4.69, 9.17) is 9.47 Å². The Morgan fingerprint density at radius 3 is 2.62 bits per heavy atom. The Balaban J connectivity index is 3.04. The maximum absolute atomic E-state index is 11.7. The van der Waals surface area contributed by atoms with E-state index in [1.165, 1.54) is 7.11 Å². The normalized spacial score (nSPS) is 11.9. The van der Waals surface area contributed by atoms with Crippen molar-refractivity contribution in [2.45, 2.75) is 5.92 Å². The van der Waals surface area contributed by atoms with Crippen molar-refractivity contribution < 1.29 is 14.3 Å². The number of nitrogens with one attached hydrogen (secondary N) is 1. The van der Waals surface area contributed by atoms with E-state index in [1.54, 1.807) is 14.2 Å². The molecule has 1 rings (SSSR count). The summed E-state index contributed by atoms with van der Waals surface area (Å²) in [5, 5.41) is 2.98. The third kappa shape index (κ3) is 2.73. The molecule has 0 saturated heterocycles. The Morgan fingerprint density at radius 1 is 1.38 bits per heavy atom. The van der Waals surface area contributed by atoms with Gasteiger partial charge >= 0.3 is 5.97 Å². The van der Waals surface area contributed by atoms with E-state index < -0.39 is 0 Å². The number of carbonyl (C=O) groups excluding carboxylic acids is 1. The molecule has 0 saturated carbocycles. The van der Waals surface area contributed by atoms with Crippen molar-refractivity contribution in [1.82, 2.24) is 5.32 Å². The standard InChI is InChI=1S/C12H17NO3/c1-13-8-10(12(14)16-3)9-6-4-5-7-11(9)15-2/h4-7,10,13H,8H2,1-3H3. The Bertz CT molecular complexity index is 352. The highest BCUT2D eigenvalue weighted by atomic mass is 16.5. The quantitative estimate of drug-likeness (QED) is 0.761. The highest BCUT2D eigenvalue weighted by Gasteiger charge is 2.23. The van der Waals surface area contributed by atoms with Crippen LogP contribution in [-0.4, -0.2) is 33.8 Å². The molecule has 4 heteroatoms. The van der Waals surface area contributed by atoms with Crippen molar-refractivity contribution in [2.24, 2.45) is 0 Å². The zero-order valence-electron chi connectivity index (χ0n) is 9.82.